The van der Waals surface area contributed by atoms with E-state index in [1.807, 2.05) is 42.7 Å². The van der Waals surface area contributed by atoms with Crippen molar-refractivity contribution >= 4 is 23.4 Å². The van der Waals surface area contributed by atoms with Crippen molar-refractivity contribution in [1.82, 2.24) is 14.8 Å². The fraction of sp³-hybridized carbons (Fsp3) is 0.190. The van der Waals surface area contributed by atoms with Crippen LogP contribution in [0.4, 0.5) is 10.1 Å². The molecule has 3 aromatic rings. The lowest BCUT2D eigenvalue weighted by Crippen LogP contribution is -2.15. The Hall–Kier alpha value is -2.93. The van der Waals surface area contributed by atoms with Crippen LogP contribution in [0, 0.1) is 19.7 Å². The molecule has 0 spiro atoms. The van der Waals surface area contributed by atoms with Gasteiger partial charge in [-0.05, 0) is 37.6 Å². The Kier molecular flexibility index (Phi) is 6.26. The summed E-state index contributed by atoms with van der Waals surface area (Å²) in [6, 6.07) is 12.3. The van der Waals surface area contributed by atoms with Crippen LogP contribution in [-0.4, -0.2) is 26.4 Å². The Morgan fingerprint density at radius 2 is 2.07 bits per heavy atom. The number of rotatable bonds is 7. The van der Waals surface area contributed by atoms with Gasteiger partial charge in [-0.25, -0.2) is 4.39 Å². The molecular weight excluding hydrogens is 375 g/mol. The Balaban J connectivity index is 1.74. The number of nitrogens with one attached hydrogen (secondary N) is 1. The van der Waals surface area contributed by atoms with Crippen LogP contribution in [0.3, 0.4) is 0 Å². The number of aryl methyl sites for hydroxylation is 2. The van der Waals surface area contributed by atoms with E-state index in [2.05, 4.69) is 22.1 Å². The van der Waals surface area contributed by atoms with E-state index in [-0.39, 0.29) is 17.5 Å². The molecule has 0 atom stereocenters. The molecule has 5 nitrogen and oxygen atoms in total. The standard InChI is InChI=1S/C21H21FN4OS/c1-4-10-26-20(16-7-5-6-14(2)11-16)24-25-21(26)28-13-19(27)23-18-12-17(22)9-8-15(18)3/h4-9,11-12H,1,10,13H2,2-3H3,(H,23,27). The largest absolute Gasteiger partial charge is 0.325 e. The SMILES string of the molecule is C=CCn1c(SCC(=O)Nc2cc(F)ccc2C)nnc1-c1cccc(C)c1. The molecule has 3 rings (SSSR count). The minimum atomic E-state index is -0.387. The zero-order valence-corrected chi connectivity index (χ0v) is 16.6. The molecule has 0 saturated heterocycles. The van der Waals surface area contributed by atoms with Crippen LogP contribution in [0.2, 0.25) is 0 Å². The smallest absolute Gasteiger partial charge is 0.234 e. The lowest BCUT2D eigenvalue weighted by atomic mass is 10.1. The molecule has 1 heterocycles. The number of thioether (sulfide) groups is 1. The van der Waals surface area contributed by atoms with Crippen LogP contribution in [0.15, 0.2) is 60.3 Å². The second-order valence-corrected chi connectivity index (χ2v) is 7.31. The molecule has 1 amide bonds. The number of aromatic nitrogens is 3. The van der Waals surface area contributed by atoms with Crippen molar-refractivity contribution < 1.29 is 9.18 Å². The van der Waals surface area contributed by atoms with Gasteiger partial charge in [-0.1, -0.05) is 47.7 Å². The average molecular weight is 396 g/mol. The molecule has 1 aromatic heterocycles. The van der Waals surface area contributed by atoms with Crippen molar-refractivity contribution in [2.75, 3.05) is 11.1 Å². The number of hydrogen-bond acceptors (Lipinski definition) is 4. The highest BCUT2D eigenvalue weighted by atomic mass is 32.2. The van der Waals surface area contributed by atoms with Gasteiger partial charge in [0.15, 0.2) is 11.0 Å². The molecule has 2 aromatic carbocycles. The highest BCUT2D eigenvalue weighted by Gasteiger charge is 2.15. The number of amides is 1. The first kappa shape index (κ1) is 19.8. The summed E-state index contributed by atoms with van der Waals surface area (Å²) < 4.78 is 15.3. The molecule has 0 fully saturated rings. The topological polar surface area (TPSA) is 59.8 Å². The van der Waals surface area contributed by atoms with Gasteiger partial charge in [0.05, 0.1) is 5.75 Å². The first-order valence-electron chi connectivity index (χ1n) is 8.78. The van der Waals surface area contributed by atoms with E-state index in [1.165, 1.54) is 23.9 Å². The van der Waals surface area contributed by atoms with Gasteiger partial charge in [0.2, 0.25) is 5.91 Å². The number of halogens is 1. The van der Waals surface area contributed by atoms with Crippen LogP contribution in [0.1, 0.15) is 11.1 Å². The van der Waals surface area contributed by atoms with Crippen molar-refractivity contribution in [3.63, 3.8) is 0 Å². The van der Waals surface area contributed by atoms with E-state index in [9.17, 15) is 9.18 Å². The third kappa shape index (κ3) is 4.67. The molecule has 0 aliphatic carbocycles. The molecule has 0 aliphatic heterocycles. The maximum absolute atomic E-state index is 13.4. The lowest BCUT2D eigenvalue weighted by Gasteiger charge is -2.10. The maximum Gasteiger partial charge on any atom is 0.234 e. The minimum Gasteiger partial charge on any atom is -0.325 e. The van der Waals surface area contributed by atoms with Gasteiger partial charge in [0.25, 0.3) is 0 Å². The molecule has 0 saturated carbocycles. The van der Waals surface area contributed by atoms with Gasteiger partial charge in [-0.2, -0.15) is 0 Å². The summed E-state index contributed by atoms with van der Waals surface area (Å²) in [6.45, 7) is 8.17. The van der Waals surface area contributed by atoms with Crippen LogP contribution < -0.4 is 5.32 Å². The van der Waals surface area contributed by atoms with E-state index >= 15 is 0 Å². The van der Waals surface area contributed by atoms with Gasteiger partial charge in [0.1, 0.15) is 5.82 Å². The Labute approximate surface area is 167 Å². The molecule has 0 unspecified atom stereocenters. The van der Waals surface area contributed by atoms with Crippen LogP contribution >= 0.6 is 11.8 Å². The summed E-state index contributed by atoms with van der Waals surface area (Å²) in [6.07, 6.45) is 1.77. The zero-order chi connectivity index (χ0) is 20.1. The van der Waals surface area contributed by atoms with E-state index in [0.717, 1.165) is 22.5 Å². The second-order valence-electron chi connectivity index (χ2n) is 6.37. The minimum absolute atomic E-state index is 0.138. The molecule has 0 aliphatic rings. The van der Waals surface area contributed by atoms with E-state index in [0.29, 0.717) is 17.4 Å². The molecule has 28 heavy (non-hydrogen) atoms. The normalized spacial score (nSPS) is 10.7. The monoisotopic (exact) mass is 396 g/mol. The summed E-state index contributed by atoms with van der Waals surface area (Å²) in [5, 5.41) is 11.9. The second kappa shape index (κ2) is 8.84. The first-order chi connectivity index (χ1) is 13.5. The molecular formula is C21H21FN4OS. The molecule has 1 N–H and O–H groups in total. The number of carbonyl (C=O) groups is 1. The Morgan fingerprint density at radius 1 is 1.25 bits per heavy atom. The first-order valence-corrected chi connectivity index (χ1v) is 9.76. The van der Waals surface area contributed by atoms with Crippen molar-refractivity contribution in [2.45, 2.75) is 25.5 Å². The van der Waals surface area contributed by atoms with Crippen molar-refractivity contribution in [1.29, 1.82) is 0 Å². The fourth-order valence-electron chi connectivity index (χ4n) is 2.73. The van der Waals surface area contributed by atoms with E-state index in [1.54, 1.807) is 12.1 Å². The summed E-state index contributed by atoms with van der Waals surface area (Å²) in [5.41, 5.74) is 3.36. The van der Waals surface area contributed by atoms with Gasteiger partial charge in [0, 0.05) is 17.8 Å². The molecule has 0 bridgehead atoms. The molecule has 144 valence electrons. The summed E-state index contributed by atoms with van der Waals surface area (Å²) in [7, 11) is 0. The number of allylic oxidation sites excluding steroid dienone is 1. The van der Waals surface area contributed by atoms with Crippen molar-refractivity contribution in [3.05, 3.63) is 72.1 Å². The predicted molar refractivity (Wildman–Crippen MR) is 111 cm³/mol. The Bertz CT molecular complexity index is 1020. The number of benzene rings is 2. The van der Waals surface area contributed by atoms with Gasteiger partial charge in [-0.15, -0.1) is 16.8 Å². The van der Waals surface area contributed by atoms with Gasteiger partial charge >= 0.3 is 0 Å². The van der Waals surface area contributed by atoms with E-state index < -0.39 is 0 Å². The molecule has 7 heteroatoms. The van der Waals surface area contributed by atoms with Crippen LogP contribution in [0.25, 0.3) is 11.4 Å². The van der Waals surface area contributed by atoms with Crippen molar-refractivity contribution in [3.8, 4) is 11.4 Å². The number of nitrogens with zero attached hydrogens (tertiary/aromatic N) is 3. The van der Waals surface area contributed by atoms with E-state index in [4.69, 9.17) is 0 Å². The lowest BCUT2D eigenvalue weighted by molar-refractivity contribution is -0.113. The quantitative estimate of drug-likeness (QED) is 0.468. The predicted octanol–water partition coefficient (Wildman–Crippen LogP) is 4.62. The summed E-state index contributed by atoms with van der Waals surface area (Å²) in [5.74, 6) is 0.248. The van der Waals surface area contributed by atoms with Crippen molar-refractivity contribution in [2.24, 2.45) is 0 Å². The number of carbonyl (C=O) groups excluding carboxylic acids is 1. The van der Waals surface area contributed by atoms with Gasteiger partial charge in [-0.3, -0.25) is 9.36 Å². The van der Waals surface area contributed by atoms with Gasteiger partial charge < -0.3 is 5.32 Å². The maximum atomic E-state index is 13.4. The molecule has 0 radical (unpaired) electrons. The third-order valence-corrected chi connectivity index (χ3v) is 5.08. The third-order valence-electron chi connectivity index (χ3n) is 4.11. The summed E-state index contributed by atoms with van der Waals surface area (Å²) in [4.78, 5) is 12.3. The fourth-order valence-corrected chi connectivity index (χ4v) is 3.48. The average Bonchev–Trinajstić information content (AvgIpc) is 3.06. The van der Waals surface area contributed by atoms with Crippen LogP contribution in [0.5, 0.6) is 0 Å². The number of anilines is 1. The zero-order valence-electron chi connectivity index (χ0n) is 15.8. The highest BCUT2D eigenvalue weighted by Crippen LogP contribution is 2.25. The number of hydrogen-bond donors (Lipinski definition) is 1. The highest BCUT2D eigenvalue weighted by molar-refractivity contribution is 7.99. The van der Waals surface area contributed by atoms with Crippen LogP contribution in [-0.2, 0) is 11.3 Å². The Morgan fingerprint density at radius 3 is 2.82 bits per heavy atom. The summed E-state index contributed by atoms with van der Waals surface area (Å²) >= 11 is 1.28.